The average Bonchev–Trinajstić information content (AvgIpc) is 2.81. The summed E-state index contributed by atoms with van der Waals surface area (Å²) < 4.78 is 0. The molecule has 18 heavy (non-hydrogen) atoms. The number of piperazine rings is 1. The number of urea groups is 1. The van der Waals surface area contributed by atoms with Crippen molar-refractivity contribution in [2.24, 2.45) is 0 Å². The largest absolute Gasteiger partial charge is 0.480 e. The smallest absolute Gasteiger partial charge is 0.333 e. The van der Waals surface area contributed by atoms with Gasteiger partial charge in [0.2, 0.25) is 0 Å². The highest BCUT2D eigenvalue weighted by Gasteiger charge is 2.35. The first-order valence-corrected chi connectivity index (χ1v) is 7.04. The lowest BCUT2D eigenvalue weighted by Gasteiger charge is -2.33. The van der Waals surface area contributed by atoms with Gasteiger partial charge in [0.25, 0.3) is 0 Å². The first-order chi connectivity index (χ1) is 8.58. The van der Waals surface area contributed by atoms with E-state index in [4.69, 9.17) is 5.11 Å². The Morgan fingerprint density at radius 3 is 2.56 bits per heavy atom. The van der Waals surface area contributed by atoms with Gasteiger partial charge >= 0.3 is 12.0 Å². The van der Waals surface area contributed by atoms with Crippen LogP contribution in [0.5, 0.6) is 0 Å². The highest BCUT2D eigenvalue weighted by molar-refractivity contribution is 7.99. The van der Waals surface area contributed by atoms with Crippen molar-refractivity contribution in [2.75, 3.05) is 44.9 Å². The Bertz CT molecular complexity index is 333. The molecule has 0 radical (unpaired) electrons. The molecule has 2 amide bonds. The standard InChI is InChI=1S/C10H18N4O3S/c1-12-2-4-13(5-3-12)11-10(17)14-7-18-6-8(14)9(15)16/h8H,2-7H2,1H3,(H,11,17)(H,15,16). The lowest BCUT2D eigenvalue weighted by atomic mass is 10.3. The highest BCUT2D eigenvalue weighted by atomic mass is 32.2. The molecule has 2 aliphatic heterocycles. The van der Waals surface area contributed by atoms with E-state index in [0.717, 1.165) is 26.2 Å². The van der Waals surface area contributed by atoms with Gasteiger partial charge in [0.05, 0.1) is 5.88 Å². The van der Waals surface area contributed by atoms with Crippen molar-refractivity contribution >= 4 is 23.8 Å². The number of carboxylic acids is 1. The molecule has 102 valence electrons. The minimum absolute atomic E-state index is 0.308. The summed E-state index contributed by atoms with van der Waals surface area (Å²) in [5.74, 6) is -0.0318. The van der Waals surface area contributed by atoms with Crippen LogP contribution in [0.4, 0.5) is 4.79 Å². The number of hydrazine groups is 1. The van der Waals surface area contributed by atoms with E-state index in [1.54, 1.807) is 0 Å². The highest BCUT2D eigenvalue weighted by Crippen LogP contribution is 2.20. The Kier molecular flexibility index (Phi) is 4.31. The number of nitrogens with zero attached hydrogens (tertiary/aromatic N) is 3. The SMILES string of the molecule is CN1CCN(NC(=O)N2CSCC2C(=O)O)CC1. The molecule has 0 aromatic rings. The van der Waals surface area contributed by atoms with Crippen LogP contribution in [0.1, 0.15) is 0 Å². The molecule has 2 saturated heterocycles. The van der Waals surface area contributed by atoms with Crippen LogP contribution >= 0.6 is 11.8 Å². The predicted octanol–water partition coefficient (Wildman–Crippen LogP) is -0.682. The zero-order valence-corrected chi connectivity index (χ0v) is 11.2. The van der Waals surface area contributed by atoms with Gasteiger partial charge in [0, 0.05) is 31.9 Å². The minimum Gasteiger partial charge on any atom is -0.480 e. The molecule has 2 N–H and O–H groups in total. The third-order valence-electron chi connectivity index (χ3n) is 3.19. The van der Waals surface area contributed by atoms with Crippen LogP contribution in [0, 0.1) is 0 Å². The van der Waals surface area contributed by atoms with Gasteiger partial charge in [0.15, 0.2) is 0 Å². The van der Waals surface area contributed by atoms with Crippen LogP contribution in [0.25, 0.3) is 0 Å². The Balaban J connectivity index is 1.86. The van der Waals surface area contributed by atoms with Crippen molar-refractivity contribution in [3.05, 3.63) is 0 Å². The molecule has 2 heterocycles. The molecule has 1 atom stereocenters. The van der Waals surface area contributed by atoms with Crippen LogP contribution in [-0.2, 0) is 4.79 Å². The van der Waals surface area contributed by atoms with Gasteiger partial charge in [-0.05, 0) is 7.05 Å². The molecule has 2 rings (SSSR count). The van der Waals surface area contributed by atoms with E-state index in [2.05, 4.69) is 10.3 Å². The van der Waals surface area contributed by atoms with E-state index in [1.165, 1.54) is 16.7 Å². The summed E-state index contributed by atoms with van der Waals surface area (Å²) in [6, 6.07) is -1.01. The number of hydrogen-bond donors (Lipinski definition) is 2. The van der Waals surface area contributed by atoms with Gasteiger partial charge in [-0.3, -0.25) is 10.3 Å². The van der Waals surface area contributed by atoms with E-state index in [0.29, 0.717) is 11.6 Å². The van der Waals surface area contributed by atoms with E-state index in [1.807, 2.05) is 12.1 Å². The Morgan fingerprint density at radius 2 is 1.94 bits per heavy atom. The average molecular weight is 274 g/mol. The molecular weight excluding hydrogens is 256 g/mol. The number of carbonyl (C=O) groups is 2. The maximum Gasteiger partial charge on any atom is 0.333 e. The van der Waals surface area contributed by atoms with E-state index in [-0.39, 0.29) is 6.03 Å². The predicted molar refractivity (Wildman–Crippen MR) is 68.2 cm³/mol. The Morgan fingerprint density at radius 1 is 1.28 bits per heavy atom. The molecule has 0 aliphatic carbocycles. The van der Waals surface area contributed by atoms with Crippen molar-refractivity contribution in [2.45, 2.75) is 6.04 Å². The number of nitrogens with one attached hydrogen (secondary N) is 1. The van der Waals surface area contributed by atoms with Crippen LogP contribution in [0.2, 0.25) is 0 Å². The van der Waals surface area contributed by atoms with Crippen molar-refractivity contribution in [3.8, 4) is 0 Å². The van der Waals surface area contributed by atoms with Crippen LogP contribution in [-0.4, -0.2) is 82.8 Å². The second kappa shape index (κ2) is 5.77. The third-order valence-corrected chi connectivity index (χ3v) is 4.20. The molecule has 0 saturated carbocycles. The molecule has 0 aromatic carbocycles. The van der Waals surface area contributed by atoms with Gasteiger partial charge < -0.3 is 10.0 Å². The zero-order valence-electron chi connectivity index (χ0n) is 10.3. The maximum atomic E-state index is 12.0. The van der Waals surface area contributed by atoms with Crippen LogP contribution < -0.4 is 5.43 Å². The molecule has 1 unspecified atom stereocenters. The Hall–Kier alpha value is -0.990. The number of amides is 2. The fourth-order valence-electron chi connectivity index (χ4n) is 1.97. The number of thioether (sulfide) groups is 1. The lowest BCUT2D eigenvalue weighted by Crippen LogP contribution is -2.57. The number of aliphatic carboxylic acids is 1. The first kappa shape index (κ1) is 13.4. The molecule has 0 bridgehead atoms. The summed E-state index contributed by atoms with van der Waals surface area (Å²) in [4.78, 5) is 26.6. The number of carbonyl (C=O) groups excluding carboxylic acids is 1. The second-order valence-electron chi connectivity index (χ2n) is 4.53. The first-order valence-electron chi connectivity index (χ1n) is 5.89. The van der Waals surface area contributed by atoms with Gasteiger partial charge in [-0.2, -0.15) is 0 Å². The number of rotatable bonds is 2. The summed E-state index contributed by atoms with van der Waals surface area (Å²) in [6.07, 6.45) is 0. The van der Waals surface area contributed by atoms with Crippen LogP contribution in [0.15, 0.2) is 0 Å². The van der Waals surface area contributed by atoms with Crippen molar-refractivity contribution < 1.29 is 14.7 Å². The van der Waals surface area contributed by atoms with Gasteiger partial charge in [-0.25, -0.2) is 14.6 Å². The normalized spacial score (nSPS) is 26.3. The quantitative estimate of drug-likeness (QED) is 0.695. The second-order valence-corrected chi connectivity index (χ2v) is 5.53. The van der Waals surface area contributed by atoms with Crippen molar-refractivity contribution in [3.63, 3.8) is 0 Å². The van der Waals surface area contributed by atoms with Crippen molar-refractivity contribution in [1.82, 2.24) is 20.2 Å². The van der Waals surface area contributed by atoms with E-state index >= 15 is 0 Å². The zero-order chi connectivity index (χ0) is 13.1. The fourth-order valence-corrected chi connectivity index (χ4v) is 3.11. The number of likely N-dealkylation sites (N-methyl/N-ethyl adjacent to an activating group) is 1. The summed E-state index contributed by atoms with van der Waals surface area (Å²) in [7, 11) is 2.04. The van der Waals surface area contributed by atoms with E-state index < -0.39 is 12.0 Å². The Labute approximate surface area is 110 Å². The summed E-state index contributed by atoms with van der Waals surface area (Å²) in [6.45, 7) is 3.33. The van der Waals surface area contributed by atoms with Gasteiger partial charge in [-0.1, -0.05) is 0 Å². The van der Waals surface area contributed by atoms with Crippen molar-refractivity contribution in [1.29, 1.82) is 0 Å². The molecule has 0 aromatic heterocycles. The molecule has 2 fully saturated rings. The molecule has 0 spiro atoms. The number of hydrogen-bond acceptors (Lipinski definition) is 5. The molecular formula is C10H18N4O3S. The third kappa shape index (κ3) is 3.06. The topological polar surface area (TPSA) is 76.1 Å². The lowest BCUT2D eigenvalue weighted by molar-refractivity contribution is -0.140. The van der Waals surface area contributed by atoms with Gasteiger partial charge in [0.1, 0.15) is 6.04 Å². The molecule has 2 aliphatic rings. The minimum atomic E-state index is -0.937. The fraction of sp³-hybridized carbons (Fsp3) is 0.800. The van der Waals surface area contributed by atoms with E-state index in [9.17, 15) is 9.59 Å². The molecule has 7 nitrogen and oxygen atoms in total. The summed E-state index contributed by atoms with van der Waals surface area (Å²) in [5.41, 5.74) is 2.78. The molecule has 8 heteroatoms. The summed E-state index contributed by atoms with van der Waals surface area (Å²) in [5, 5.41) is 10.9. The summed E-state index contributed by atoms with van der Waals surface area (Å²) >= 11 is 1.47. The number of carboxylic acid groups (broad SMARTS) is 1. The maximum absolute atomic E-state index is 12.0. The monoisotopic (exact) mass is 274 g/mol. The van der Waals surface area contributed by atoms with Crippen LogP contribution in [0.3, 0.4) is 0 Å². The van der Waals surface area contributed by atoms with Gasteiger partial charge in [-0.15, -0.1) is 11.8 Å².